The Bertz CT molecular complexity index is 617. The van der Waals surface area contributed by atoms with Crippen molar-refractivity contribution in [2.75, 3.05) is 13.1 Å². The Morgan fingerprint density at radius 2 is 1.90 bits per heavy atom. The summed E-state index contributed by atoms with van der Waals surface area (Å²) in [6, 6.07) is 16.4. The molecule has 3 heteroatoms. The number of ether oxygens (including phenoxy) is 1. The van der Waals surface area contributed by atoms with Crippen molar-refractivity contribution in [3.8, 4) is 5.75 Å². The summed E-state index contributed by atoms with van der Waals surface area (Å²) in [5.74, 6) is 1.81. The molecular weight excluding hydrogens is 248 g/mol. The smallest absolute Gasteiger partial charge is 0.132 e. The van der Waals surface area contributed by atoms with Gasteiger partial charge in [-0.1, -0.05) is 42.0 Å². The topological polar surface area (TPSA) is 33.6 Å². The lowest BCUT2D eigenvalue weighted by Gasteiger charge is -2.12. The van der Waals surface area contributed by atoms with E-state index in [2.05, 4.69) is 41.5 Å². The van der Waals surface area contributed by atoms with Crippen molar-refractivity contribution in [1.82, 2.24) is 5.32 Å². The van der Waals surface area contributed by atoms with Crippen LogP contribution in [0.15, 0.2) is 53.5 Å². The normalized spacial score (nSPS) is 13.8. The SMILES string of the molecule is Cc1ccc(COc2ccccc2C2=NCCN2)cc1. The maximum absolute atomic E-state index is 5.95. The Hall–Kier alpha value is -2.29. The third-order valence-corrected chi connectivity index (χ3v) is 3.33. The zero-order chi connectivity index (χ0) is 13.8. The summed E-state index contributed by atoms with van der Waals surface area (Å²) in [7, 11) is 0. The van der Waals surface area contributed by atoms with E-state index in [1.807, 2.05) is 24.3 Å². The Morgan fingerprint density at radius 1 is 1.10 bits per heavy atom. The molecule has 2 aromatic rings. The van der Waals surface area contributed by atoms with Gasteiger partial charge in [0.2, 0.25) is 0 Å². The molecule has 0 saturated carbocycles. The average molecular weight is 266 g/mol. The van der Waals surface area contributed by atoms with Gasteiger partial charge in [0.25, 0.3) is 0 Å². The van der Waals surface area contributed by atoms with Crippen LogP contribution in [-0.2, 0) is 6.61 Å². The number of hydrogen-bond donors (Lipinski definition) is 1. The van der Waals surface area contributed by atoms with Crippen LogP contribution in [0.5, 0.6) is 5.75 Å². The molecule has 3 nitrogen and oxygen atoms in total. The molecule has 0 fully saturated rings. The van der Waals surface area contributed by atoms with Crippen LogP contribution in [-0.4, -0.2) is 18.9 Å². The molecule has 2 aromatic carbocycles. The first kappa shape index (κ1) is 12.7. The number of nitrogens with one attached hydrogen (secondary N) is 1. The van der Waals surface area contributed by atoms with Crippen LogP contribution in [0.1, 0.15) is 16.7 Å². The first-order valence-electron chi connectivity index (χ1n) is 6.89. The van der Waals surface area contributed by atoms with E-state index in [0.29, 0.717) is 6.61 Å². The Kier molecular flexibility index (Phi) is 3.68. The molecule has 0 saturated heterocycles. The van der Waals surface area contributed by atoms with Crippen molar-refractivity contribution in [3.05, 3.63) is 65.2 Å². The number of aryl methyl sites for hydroxylation is 1. The first-order valence-corrected chi connectivity index (χ1v) is 6.89. The highest BCUT2D eigenvalue weighted by Gasteiger charge is 2.12. The number of amidine groups is 1. The van der Waals surface area contributed by atoms with Crippen LogP contribution < -0.4 is 10.1 Å². The molecule has 20 heavy (non-hydrogen) atoms. The summed E-state index contributed by atoms with van der Waals surface area (Å²) < 4.78 is 5.95. The molecule has 1 heterocycles. The van der Waals surface area contributed by atoms with Gasteiger partial charge in [0, 0.05) is 6.54 Å². The minimum atomic E-state index is 0.574. The van der Waals surface area contributed by atoms with Gasteiger partial charge in [-0.2, -0.15) is 0 Å². The fourth-order valence-electron chi connectivity index (χ4n) is 2.21. The summed E-state index contributed by atoms with van der Waals surface area (Å²) in [6.07, 6.45) is 0. The zero-order valence-corrected chi connectivity index (χ0v) is 11.6. The molecule has 1 aliphatic rings. The highest BCUT2D eigenvalue weighted by Crippen LogP contribution is 2.20. The minimum absolute atomic E-state index is 0.574. The first-order chi connectivity index (χ1) is 9.83. The second-order valence-electron chi connectivity index (χ2n) is 4.93. The second kappa shape index (κ2) is 5.78. The Morgan fingerprint density at radius 3 is 2.65 bits per heavy atom. The maximum Gasteiger partial charge on any atom is 0.132 e. The van der Waals surface area contributed by atoms with E-state index in [9.17, 15) is 0 Å². The molecule has 102 valence electrons. The van der Waals surface area contributed by atoms with Crippen molar-refractivity contribution < 1.29 is 4.74 Å². The Balaban J connectivity index is 1.75. The molecule has 0 aromatic heterocycles. The van der Waals surface area contributed by atoms with Gasteiger partial charge in [0.05, 0.1) is 12.1 Å². The van der Waals surface area contributed by atoms with Gasteiger partial charge < -0.3 is 10.1 Å². The molecule has 1 N–H and O–H groups in total. The van der Waals surface area contributed by atoms with Crippen LogP contribution in [0.2, 0.25) is 0 Å². The third kappa shape index (κ3) is 2.82. The quantitative estimate of drug-likeness (QED) is 0.923. The average Bonchev–Trinajstić information content (AvgIpc) is 3.01. The van der Waals surface area contributed by atoms with E-state index < -0.39 is 0 Å². The zero-order valence-electron chi connectivity index (χ0n) is 11.6. The molecular formula is C17H18N2O. The fourth-order valence-corrected chi connectivity index (χ4v) is 2.21. The predicted molar refractivity (Wildman–Crippen MR) is 81.4 cm³/mol. The number of rotatable bonds is 4. The standard InChI is InChI=1S/C17H18N2O/c1-13-6-8-14(9-7-13)12-20-16-5-3-2-4-15(16)17-18-10-11-19-17/h2-9H,10-12H2,1H3,(H,18,19). The fraction of sp³-hybridized carbons (Fsp3) is 0.235. The van der Waals surface area contributed by atoms with E-state index in [-0.39, 0.29) is 0 Å². The number of para-hydroxylation sites is 1. The lowest BCUT2D eigenvalue weighted by Crippen LogP contribution is -2.20. The third-order valence-electron chi connectivity index (χ3n) is 3.33. The molecule has 0 atom stereocenters. The van der Waals surface area contributed by atoms with Gasteiger partial charge in [-0.3, -0.25) is 4.99 Å². The highest BCUT2D eigenvalue weighted by atomic mass is 16.5. The molecule has 0 amide bonds. The summed E-state index contributed by atoms with van der Waals surface area (Å²) in [6.45, 7) is 4.40. The van der Waals surface area contributed by atoms with Gasteiger partial charge in [0.1, 0.15) is 18.2 Å². The summed E-state index contributed by atoms with van der Waals surface area (Å²) >= 11 is 0. The number of aliphatic imine (C=N–C) groups is 1. The van der Waals surface area contributed by atoms with Crippen LogP contribution in [0.3, 0.4) is 0 Å². The number of hydrogen-bond acceptors (Lipinski definition) is 3. The molecule has 0 unspecified atom stereocenters. The Labute approximate surface area is 119 Å². The largest absolute Gasteiger partial charge is 0.488 e. The van der Waals surface area contributed by atoms with Crippen molar-refractivity contribution in [2.24, 2.45) is 4.99 Å². The molecule has 3 rings (SSSR count). The second-order valence-corrected chi connectivity index (χ2v) is 4.93. The van der Waals surface area contributed by atoms with Gasteiger partial charge in [0.15, 0.2) is 0 Å². The van der Waals surface area contributed by atoms with Crippen LogP contribution >= 0.6 is 0 Å². The van der Waals surface area contributed by atoms with E-state index in [4.69, 9.17) is 4.74 Å². The lowest BCUT2D eigenvalue weighted by atomic mass is 10.1. The molecule has 0 spiro atoms. The predicted octanol–water partition coefficient (Wildman–Crippen LogP) is 2.92. The summed E-state index contributed by atoms with van der Waals surface area (Å²) in [5, 5.41) is 3.29. The number of nitrogens with zero attached hydrogens (tertiary/aromatic N) is 1. The monoisotopic (exact) mass is 266 g/mol. The molecule has 0 radical (unpaired) electrons. The van der Waals surface area contributed by atoms with Crippen molar-refractivity contribution in [3.63, 3.8) is 0 Å². The van der Waals surface area contributed by atoms with Gasteiger partial charge >= 0.3 is 0 Å². The van der Waals surface area contributed by atoms with Crippen LogP contribution in [0, 0.1) is 6.92 Å². The van der Waals surface area contributed by atoms with Crippen LogP contribution in [0.25, 0.3) is 0 Å². The lowest BCUT2D eigenvalue weighted by molar-refractivity contribution is 0.305. The molecule has 0 bridgehead atoms. The van der Waals surface area contributed by atoms with E-state index >= 15 is 0 Å². The van der Waals surface area contributed by atoms with E-state index in [1.54, 1.807) is 0 Å². The van der Waals surface area contributed by atoms with Gasteiger partial charge in [-0.05, 0) is 24.6 Å². The van der Waals surface area contributed by atoms with Crippen LogP contribution in [0.4, 0.5) is 0 Å². The van der Waals surface area contributed by atoms with E-state index in [1.165, 1.54) is 11.1 Å². The molecule has 1 aliphatic heterocycles. The summed E-state index contributed by atoms with van der Waals surface area (Å²) in [4.78, 5) is 4.46. The number of benzene rings is 2. The maximum atomic E-state index is 5.95. The van der Waals surface area contributed by atoms with E-state index in [0.717, 1.165) is 30.2 Å². The molecule has 0 aliphatic carbocycles. The highest BCUT2D eigenvalue weighted by molar-refractivity contribution is 6.02. The van der Waals surface area contributed by atoms with Gasteiger partial charge in [-0.25, -0.2) is 0 Å². The van der Waals surface area contributed by atoms with Gasteiger partial charge in [-0.15, -0.1) is 0 Å². The van der Waals surface area contributed by atoms with Crippen molar-refractivity contribution >= 4 is 5.84 Å². The van der Waals surface area contributed by atoms with Crippen molar-refractivity contribution in [1.29, 1.82) is 0 Å². The minimum Gasteiger partial charge on any atom is -0.488 e. The summed E-state index contributed by atoms with van der Waals surface area (Å²) in [5.41, 5.74) is 3.47. The van der Waals surface area contributed by atoms with Crippen molar-refractivity contribution in [2.45, 2.75) is 13.5 Å².